The lowest BCUT2D eigenvalue weighted by Gasteiger charge is -2.53. The molecule has 2 aliphatic heterocycles. The molecule has 2 aliphatic carbocycles. The third kappa shape index (κ3) is 1.78. The Morgan fingerprint density at radius 1 is 1.13 bits per heavy atom. The van der Waals surface area contributed by atoms with Gasteiger partial charge in [-0.25, -0.2) is 4.79 Å². The Balaban J connectivity index is 1.92. The van der Waals surface area contributed by atoms with E-state index in [1.165, 1.54) is 0 Å². The summed E-state index contributed by atoms with van der Waals surface area (Å²) < 4.78 is 11.3. The molecular weight excluding hydrogens is 292 g/mol. The quantitative estimate of drug-likeness (QED) is 0.697. The van der Waals surface area contributed by atoms with Crippen LogP contribution in [0.4, 0.5) is 0 Å². The van der Waals surface area contributed by atoms with E-state index in [0.717, 1.165) is 30.4 Å². The van der Waals surface area contributed by atoms with Gasteiger partial charge in [0.15, 0.2) is 0 Å². The zero-order valence-corrected chi connectivity index (χ0v) is 14.2. The van der Waals surface area contributed by atoms with Crippen LogP contribution in [0.15, 0.2) is 23.3 Å². The first-order chi connectivity index (χ1) is 10.8. The Morgan fingerprint density at radius 3 is 2.52 bits per heavy atom. The van der Waals surface area contributed by atoms with E-state index in [1.807, 2.05) is 6.92 Å². The van der Waals surface area contributed by atoms with Crippen LogP contribution in [0.2, 0.25) is 0 Å². The Morgan fingerprint density at radius 2 is 1.83 bits per heavy atom. The summed E-state index contributed by atoms with van der Waals surface area (Å²) in [4.78, 5) is 24.7. The number of rotatable bonds is 1. The van der Waals surface area contributed by atoms with Crippen molar-refractivity contribution in [1.29, 1.82) is 0 Å². The number of ether oxygens (including phenoxy) is 2. The Bertz CT molecular complexity index is 658. The van der Waals surface area contributed by atoms with Crippen molar-refractivity contribution < 1.29 is 19.1 Å². The van der Waals surface area contributed by atoms with Crippen molar-refractivity contribution in [3.63, 3.8) is 0 Å². The molecule has 4 aliphatic rings. The van der Waals surface area contributed by atoms with Gasteiger partial charge >= 0.3 is 11.9 Å². The minimum absolute atomic E-state index is 0.0807. The summed E-state index contributed by atoms with van der Waals surface area (Å²) in [7, 11) is 0. The smallest absolute Gasteiger partial charge is 0.331 e. The van der Waals surface area contributed by atoms with Crippen molar-refractivity contribution in [2.45, 2.75) is 59.2 Å². The molecule has 1 saturated carbocycles. The largest absolute Gasteiger partial charge is 0.457 e. The van der Waals surface area contributed by atoms with Gasteiger partial charge in [-0.3, -0.25) is 4.79 Å². The normalized spacial score (nSPS) is 44.8. The van der Waals surface area contributed by atoms with Gasteiger partial charge in [-0.15, -0.1) is 0 Å². The van der Waals surface area contributed by atoms with Crippen LogP contribution in [-0.4, -0.2) is 24.1 Å². The van der Waals surface area contributed by atoms with E-state index in [9.17, 15) is 9.59 Å². The monoisotopic (exact) mass is 316 g/mol. The summed E-state index contributed by atoms with van der Waals surface area (Å²) in [5.41, 5.74) is 1.51. The zero-order valence-electron chi connectivity index (χ0n) is 14.2. The van der Waals surface area contributed by atoms with Gasteiger partial charge in [0.05, 0.1) is 5.41 Å². The SMILES string of the molecule is CC(C)[C@H]1OC(=O)C=C2C1=C[C@H]1OC(=O)[C@@]3(C)CCC[C@@]2(C)C13. The van der Waals surface area contributed by atoms with Crippen molar-refractivity contribution >= 4 is 11.9 Å². The molecule has 4 nitrogen and oxygen atoms in total. The zero-order chi connectivity index (χ0) is 16.6. The van der Waals surface area contributed by atoms with Crippen LogP contribution < -0.4 is 0 Å². The number of carbonyl (C=O) groups is 2. The van der Waals surface area contributed by atoms with E-state index in [0.29, 0.717) is 0 Å². The second-order valence-electron chi connectivity index (χ2n) is 8.32. The number of fused-ring (bicyclic) bond motifs is 2. The molecule has 2 fully saturated rings. The van der Waals surface area contributed by atoms with Crippen LogP contribution >= 0.6 is 0 Å². The second kappa shape index (κ2) is 4.49. The maximum absolute atomic E-state index is 12.5. The van der Waals surface area contributed by atoms with E-state index < -0.39 is 5.41 Å². The van der Waals surface area contributed by atoms with E-state index in [2.05, 4.69) is 26.8 Å². The van der Waals surface area contributed by atoms with Gasteiger partial charge in [-0.2, -0.15) is 0 Å². The fraction of sp³-hybridized carbons (Fsp3) is 0.684. The molecule has 5 atom stereocenters. The number of hydrogen-bond acceptors (Lipinski definition) is 4. The molecule has 0 amide bonds. The molecule has 1 unspecified atom stereocenters. The maximum atomic E-state index is 12.5. The van der Waals surface area contributed by atoms with Gasteiger partial charge in [-0.05, 0) is 42.9 Å². The van der Waals surface area contributed by atoms with E-state index in [-0.39, 0.29) is 41.4 Å². The van der Waals surface area contributed by atoms with Crippen molar-refractivity contribution in [3.05, 3.63) is 23.3 Å². The third-order valence-electron chi connectivity index (χ3n) is 6.49. The van der Waals surface area contributed by atoms with Crippen molar-refractivity contribution in [1.82, 2.24) is 0 Å². The first-order valence-corrected chi connectivity index (χ1v) is 8.63. The molecule has 4 rings (SSSR count). The molecule has 0 N–H and O–H groups in total. The first kappa shape index (κ1) is 15.0. The first-order valence-electron chi connectivity index (χ1n) is 8.63. The van der Waals surface area contributed by atoms with Crippen LogP contribution in [0, 0.1) is 22.7 Å². The third-order valence-corrected chi connectivity index (χ3v) is 6.49. The average molecular weight is 316 g/mol. The molecule has 0 spiro atoms. The van der Waals surface area contributed by atoms with E-state index in [1.54, 1.807) is 6.08 Å². The number of hydrogen-bond donors (Lipinski definition) is 0. The highest BCUT2D eigenvalue weighted by atomic mass is 16.6. The minimum atomic E-state index is -0.435. The number of cyclic esters (lactones) is 1. The molecule has 23 heavy (non-hydrogen) atoms. The van der Waals surface area contributed by atoms with Gasteiger partial charge in [0, 0.05) is 17.4 Å². The molecular formula is C19H24O4. The van der Waals surface area contributed by atoms with Crippen LogP contribution in [0.25, 0.3) is 0 Å². The molecule has 0 aromatic heterocycles. The van der Waals surface area contributed by atoms with Crippen LogP contribution in [0.1, 0.15) is 47.0 Å². The molecule has 1 saturated heterocycles. The summed E-state index contributed by atoms with van der Waals surface area (Å²) in [5, 5.41) is 0. The lowest BCUT2D eigenvalue weighted by atomic mass is 9.49. The Kier molecular flexibility index (Phi) is 2.92. The van der Waals surface area contributed by atoms with E-state index in [4.69, 9.17) is 9.47 Å². The molecule has 2 heterocycles. The number of carbonyl (C=O) groups excluding carboxylic acids is 2. The van der Waals surface area contributed by atoms with Gasteiger partial charge < -0.3 is 9.47 Å². The number of esters is 2. The lowest BCUT2D eigenvalue weighted by molar-refractivity contribution is -0.148. The molecule has 0 aromatic carbocycles. The summed E-state index contributed by atoms with van der Waals surface area (Å²) in [6, 6.07) is 0. The van der Waals surface area contributed by atoms with Crippen molar-refractivity contribution in [3.8, 4) is 0 Å². The standard InChI is InChI=1S/C19H24O4/c1-10(2)15-11-8-13-16-18(3,12(11)9-14(20)23-15)6-5-7-19(16,4)17(21)22-13/h8-10,13,15-16H,5-7H2,1-4H3/t13-,15-,16?,18-,19+/m1/s1. The lowest BCUT2D eigenvalue weighted by Crippen LogP contribution is -2.51. The van der Waals surface area contributed by atoms with Gasteiger partial charge in [0.25, 0.3) is 0 Å². The molecule has 0 radical (unpaired) electrons. The Labute approximate surface area is 136 Å². The molecule has 0 aromatic rings. The van der Waals surface area contributed by atoms with Gasteiger partial charge in [0.2, 0.25) is 0 Å². The fourth-order valence-corrected chi connectivity index (χ4v) is 5.48. The molecule has 4 heteroatoms. The second-order valence-corrected chi connectivity index (χ2v) is 8.32. The summed E-state index contributed by atoms with van der Waals surface area (Å²) in [6.45, 7) is 8.36. The van der Waals surface area contributed by atoms with Crippen molar-refractivity contribution in [2.75, 3.05) is 0 Å². The predicted molar refractivity (Wildman–Crippen MR) is 84.3 cm³/mol. The fourth-order valence-electron chi connectivity index (χ4n) is 5.48. The van der Waals surface area contributed by atoms with Crippen LogP contribution in [0.3, 0.4) is 0 Å². The summed E-state index contributed by atoms with van der Waals surface area (Å²) >= 11 is 0. The predicted octanol–water partition coefficient (Wildman–Crippen LogP) is 3.17. The molecule has 124 valence electrons. The Hall–Kier alpha value is -1.58. The highest BCUT2D eigenvalue weighted by Crippen LogP contribution is 2.64. The van der Waals surface area contributed by atoms with Gasteiger partial charge in [-0.1, -0.05) is 27.2 Å². The summed E-state index contributed by atoms with van der Waals surface area (Å²) in [5.74, 6) is -0.0259. The summed E-state index contributed by atoms with van der Waals surface area (Å²) in [6.07, 6.45) is 6.13. The highest BCUT2D eigenvalue weighted by Gasteiger charge is 2.65. The minimum Gasteiger partial charge on any atom is -0.457 e. The topological polar surface area (TPSA) is 52.6 Å². The van der Waals surface area contributed by atoms with Crippen molar-refractivity contribution in [2.24, 2.45) is 22.7 Å². The maximum Gasteiger partial charge on any atom is 0.331 e. The van der Waals surface area contributed by atoms with Crippen LogP contribution in [0.5, 0.6) is 0 Å². The molecule has 0 bridgehead atoms. The van der Waals surface area contributed by atoms with E-state index >= 15 is 0 Å². The average Bonchev–Trinajstić information content (AvgIpc) is 2.72. The highest BCUT2D eigenvalue weighted by molar-refractivity contribution is 5.87. The van der Waals surface area contributed by atoms with Crippen LogP contribution in [-0.2, 0) is 19.1 Å². The van der Waals surface area contributed by atoms with Gasteiger partial charge in [0.1, 0.15) is 12.2 Å².